The van der Waals surface area contributed by atoms with E-state index in [0.717, 1.165) is 43.2 Å². The van der Waals surface area contributed by atoms with Crippen molar-refractivity contribution in [3.63, 3.8) is 0 Å². The van der Waals surface area contributed by atoms with Gasteiger partial charge in [0.2, 0.25) is 0 Å². The first-order valence-corrected chi connectivity index (χ1v) is 8.92. The fraction of sp³-hybridized carbons (Fsp3) is 0.500. The van der Waals surface area contributed by atoms with Gasteiger partial charge in [-0.1, -0.05) is 12.1 Å². The molecule has 1 aromatic heterocycles. The van der Waals surface area contributed by atoms with Crippen LogP contribution >= 0.6 is 11.3 Å². The van der Waals surface area contributed by atoms with Crippen LogP contribution in [0.15, 0.2) is 29.6 Å². The van der Waals surface area contributed by atoms with E-state index < -0.39 is 0 Å². The van der Waals surface area contributed by atoms with Crippen LogP contribution in [-0.2, 0) is 17.7 Å². The summed E-state index contributed by atoms with van der Waals surface area (Å²) in [5.41, 5.74) is 2.33. The summed E-state index contributed by atoms with van der Waals surface area (Å²) in [4.78, 5) is 6.97. The minimum absolute atomic E-state index is 0.176. The predicted molar refractivity (Wildman–Crippen MR) is 91.1 cm³/mol. The van der Waals surface area contributed by atoms with E-state index in [1.54, 1.807) is 18.4 Å². The van der Waals surface area contributed by atoms with Crippen molar-refractivity contribution in [1.29, 1.82) is 0 Å². The van der Waals surface area contributed by atoms with Gasteiger partial charge in [0.1, 0.15) is 5.82 Å². The first-order chi connectivity index (χ1) is 11.1. The summed E-state index contributed by atoms with van der Waals surface area (Å²) >= 11 is 1.70. The molecule has 1 aliphatic heterocycles. The van der Waals surface area contributed by atoms with E-state index in [4.69, 9.17) is 4.74 Å². The maximum atomic E-state index is 13.0. The molecule has 23 heavy (non-hydrogen) atoms. The first-order valence-electron chi connectivity index (χ1n) is 8.04. The molecular formula is C18H23FN2OS. The van der Waals surface area contributed by atoms with Gasteiger partial charge in [0.25, 0.3) is 0 Å². The normalized spacial score (nSPS) is 22.4. The van der Waals surface area contributed by atoms with Gasteiger partial charge in [-0.25, -0.2) is 9.37 Å². The van der Waals surface area contributed by atoms with Gasteiger partial charge >= 0.3 is 0 Å². The van der Waals surface area contributed by atoms with Crippen LogP contribution in [0.1, 0.15) is 22.7 Å². The maximum absolute atomic E-state index is 13.0. The molecule has 0 amide bonds. The number of rotatable bonds is 5. The molecule has 0 unspecified atom stereocenters. The highest BCUT2D eigenvalue weighted by atomic mass is 32.1. The maximum Gasteiger partial charge on any atom is 0.123 e. The van der Waals surface area contributed by atoms with Crippen LogP contribution in [0, 0.1) is 18.7 Å². The van der Waals surface area contributed by atoms with Crippen LogP contribution in [0.5, 0.6) is 0 Å². The number of aryl methyl sites for hydroxylation is 1. The Morgan fingerprint density at radius 1 is 1.35 bits per heavy atom. The van der Waals surface area contributed by atoms with E-state index in [2.05, 4.69) is 15.3 Å². The number of ether oxygens (including phenoxy) is 1. The Balaban J connectivity index is 1.58. The summed E-state index contributed by atoms with van der Waals surface area (Å²) in [6.45, 7) is 4.93. The second-order valence-electron chi connectivity index (χ2n) is 6.25. The summed E-state index contributed by atoms with van der Waals surface area (Å²) in [6, 6.07) is 6.84. The summed E-state index contributed by atoms with van der Waals surface area (Å²) in [7, 11) is 1.79. The van der Waals surface area contributed by atoms with Crippen molar-refractivity contribution in [2.24, 2.45) is 5.92 Å². The van der Waals surface area contributed by atoms with Crippen LogP contribution in [0.25, 0.3) is 0 Å². The molecule has 2 atom stereocenters. The van der Waals surface area contributed by atoms with E-state index >= 15 is 0 Å². The molecule has 3 nitrogen and oxygen atoms in total. The van der Waals surface area contributed by atoms with E-state index in [1.807, 2.05) is 19.1 Å². The smallest absolute Gasteiger partial charge is 0.123 e. The molecule has 0 radical (unpaired) electrons. The Morgan fingerprint density at radius 2 is 2.13 bits per heavy atom. The SMILES string of the molecule is CO[C@@H]1CN(Cc2csc(C)n2)CC[C@@H]1Cc1ccc(F)cc1. The number of thiazole rings is 1. The largest absolute Gasteiger partial charge is 0.380 e. The second-order valence-corrected chi connectivity index (χ2v) is 7.31. The average Bonchev–Trinajstić information content (AvgIpc) is 2.96. The van der Waals surface area contributed by atoms with Crippen molar-refractivity contribution in [2.45, 2.75) is 32.4 Å². The van der Waals surface area contributed by atoms with Crippen molar-refractivity contribution in [1.82, 2.24) is 9.88 Å². The molecule has 0 bridgehead atoms. The summed E-state index contributed by atoms with van der Waals surface area (Å²) in [5, 5.41) is 3.26. The van der Waals surface area contributed by atoms with Gasteiger partial charge in [-0.15, -0.1) is 11.3 Å². The molecule has 124 valence electrons. The van der Waals surface area contributed by atoms with Crippen molar-refractivity contribution in [2.75, 3.05) is 20.2 Å². The predicted octanol–water partition coefficient (Wildman–Crippen LogP) is 3.67. The molecule has 0 saturated carbocycles. The fourth-order valence-corrected chi connectivity index (χ4v) is 3.91. The van der Waals surface area contributed by atoms with Gasteiger partial charge in [-0.2, -0.15) is 0 Å². The molecule has 1 aliphatic rings. The van der Waals surface area contributed by atoms with Crippen molar-refractivity contribution in [3.05, 3.63) is 51.7 Å². The zero-order chi connectivity index (χ0) is 16.2. The molecular weight excluding hydrogens is 311 g/mol. The van der Waals surface area contributed by atoms with Crippen molar-refractivity contribution >= 4 is 11.3 Å². The summed E-state index contributed by atoms with van der Waals surface area (Å²) in [6.07, 6.45) is 2.26. The number of hydrogen-bond donors (Lipinski definition) is 0. The van der Waals surface area contributed by atoms with Gasteiger partial charge in [0.15, 0.2) is 0 Å². The van der Waals surface area contributed by atoms with E-state index in [0.29, 0.717) is 5.92 Å². The van der Waals surface area contributed by atoms with E-state index in [9.17, 15) is 4.39 Å². The number of nitrogens with zero attached hydrogens (tertiary/aromatic N) is 2. The van der Waals surface area contributed by atoms with Crippen LogP contribution in [0.2, 0.25) is 0 Å². The topological polar surface area (TPSA) is 25.4 Å². The van der Waals surface area contributed by atoms with Crippen LogP contribution in [0.3, 0.4) is 0 Å². The lowest BCUT2D eigenvalue weighted by atomic mass is 9.87. The molecule has 0 spiro atoms. The van der Waals surface area contributed by atoms with Crippen molar-refractivity contribution in [3.8, 4) is 0 Å². The van der Waals surface area contributed by atoms with Crippen LogP contribution < -0.4 is 0 Å². The molecule has 5 heteroatoms. The Bertz CT molecular complexity index is 628. The Morgan fingerprint density at radius 3 is 2.78 bits per heavy atom. The third-order valence-electron chi connectivity index (χ3n) is 4.55. The second kappa shape index (κ2) is 7.51. The zero-order valence-corrected chi connectivity index (χ0v) is 14.5. The lowest BCUT2D eigenvalue weighted by molar-refractivity contribution is -0.0138. The first kappa shape index (κ1) is 16.6. The average molecular weight is 334 g/mol. The summed E-state index contributed by atoms with van der Waals surface area (Å²) < 4.78 is 18.8. The quantitative estimate of drug-likeness (QED) is 0.834. The molecule has 0 aliphatic carbocycles. The highest BCUT2D eigenvalue weighted by Gasteiger charge is 2.29. The number of likely N-dealkylation sites (tertiary alicyclic amines) is 1. The Kier molecular flexibility index (Phi) is 5.41. The molecule has 1 saturated heterocycles. The minimum Gasteiger partial charge on any atom is -0.380 e. The third kappa shape index (κ3) is 4.37. The van der Waals surface area contributed by atoms with Crippen LogP contribution in [0.4, 0.5) is 4.39 Å². The number of benzene rings is 1. The Hall–Kier alpha value is -1.30. The fourth-order valence-electron chi connectivity index (χ4n) is 3.31. The van der Waals surface area contributed by atoms with Gasteiger partial charge in [0.05, 0.1) is 16.8 Å². The van der Waals surface area contributed by atoms with Gasteiger partial charge < -0.3 is 4.74 Å². The summed E-state index contributed by atoms with van der Waals surface area (Å²) in [5.74, 6) is 0.310. The standard InChI is InChI=1S/C18H23FN2OS/c1-13-20-17(12-23-13)10-21-8-7-15(18(11-21)22-2)9-14-3-5-16(19)6-4-14/h3-6,12,15,18H,7-11H2,1-2H3/t15-,18-/m1/s1. The third-order valence-corrected chi connectivity index (χ3v) is 5.37. The minimum atomic E-state index is -0.176. The number of halogens is 1. The Labute approximate surface area is 141 Å². The molecule has 0 N–H and O–H groups in total. The lowest BCUT2D eigenvalue weighted by Gasteiger charge is -2.37. The van der Waals surface area contributed by atoms with Crippen molar-refractivity contribution < 1.29 is 9.13 Å². The molecule has 1 fully saturated rings. The van der Waals surface area contributed by atoms with Gasteiger partial charge in [-0.3, -0.25) is 4.90 Å². The monoisotopic (exact) mass is 334 g/mol. The molecule has 2 aromatic rings. The highest BCUT2D eigenvalue weighted by molar-refractivity contribution is 7.09. The van der Waals surface area contributed by atoms with Gasteiger partial charge in [-0.05, 0) is 49.9 Å². The van der Waals surface area contributed by atoms with Gasteiger partial charge in [0, 0.05) is 25.6 Å². The molecule has 2 heterocycles. The molecule has 1 aromatic carbocycles. The van der Waals surface area contributed by atoms with E-state index in [1.165, 1.54) is 17.7 Å². The number of piperidine rings is 1. The van der Waals surface area contributed by atoms with E-state index in [-0.39, 0.29) is 11.9 Å². The molecule has 3 rings (SSSR count). The number of aromatic nitrogens is 1. The number of hydrogen-bond acceptors (Lipinski definition) is 4. The number of methoxy groups -OCH3 is 1. The zero-order valence-electron chi connectivity index (χ0n) is 13.7. The lowest BCUT2D eigenvalue weighted by Crippen LogP contribution is -2.45. The van der Waals surface area contributed by atoms with Crippen LogP contribution in [-0.4, -0.2) is 36.2 Å². The highest BCUT2D eigenvalue weighted by Crippen LogP contribution is 2.25.